The highest BCUT2D eigenvalue weighted by Gasteiger charge is 2.15. The molecule has 0 unspecified atom stereocenters. The molecule has 0 radical (unpaired) electrons. The van der Waals surface area contributed by atoms with Gasteiger partial charge in [0.05, 0.1) is 17.5 Å². The van der Waals surface area contributed by atoms with Crippen molar-refractivity contribution in [2.24, 2.45) is 5.10 Å². The number of rotatable bonds is 8. The van der Waals surface area contributed by atoms with Crippen LogP contribution in [0, 0.1) is 5.82 Å². The molecule has 4 rings (SSSR count). The molecule has 0 fully saturated rings. The van der Waals surface area contributed by atoms with Gasteiger partial charge < -0.3 is 5.32 Å². The second-order valence-electron chi connectivity index (χ2n) is 7.56. The first-order valence-electron chi connectivity index (χ1n) is 10.8. The molecule has 0 bridgehead atoms. The van der Waals surface area contributed by atoms with Crippen molar-refractivity contribution in [2.45, 2.75) is 10.6 Å². The minimum Gasteiger partial charge on any atom is -0.321 e. The van der Waals surface area contributed by atoms with Crippen LogP contribution in [0.1, 0.15) is 31.8 Å². The molecule has 36 heavy (non-hydrogen) atoms. The van der Waals surface area contributed by atoms with Crippen LogP contribution in [-0.4, -0.2) is 23.0 Å². The van der Waals surface area contributed by atoms with Gasteiger partial charge in [0, 0.05) is 33.1 Å². The van der Waals surface area contributed by atoms with Gasteiger partial charge in [-0.3, -0.25) is 14.6 Å². The van der Waals surface area contributed by atoms with Gasteiger partial charge in [0.1, 0.15) is 5.82 Å². The van der Waals surface area contributed by atoms with Crippen LogP contribution in [0.3, 0.4) is 0 Å². The van der Waals surface area contributed by atoms with E-state index in [2.05, 4.69) is 36.8 Å². The lowest BCUT2D eigenvalue weighted by Crippen LogP contribution is -2.21. The number of aromatic nitrogens is 1. The van der Waals surface area contributed by atoms with Crippen LogP contribution in [0.2, 0.25) is 0 Å². The van der Waals surface area contributed by atoms with E-state index in [0.29, 0.717) is 21.3 Å². The first-order valence-corrected chi connectivity index (χ1v) is 12.6. The number of halogens is 2. The maximum absolute atomic E-state index is 13.0. The highest BCUT2D eigenvalue weighted by molar-refractivity contribution is 9.10. The molecule has 0 aliphatic carbocycles. The van der Waals surface area contributed by atoms with E-state index in [1.54, 1.807) is 66.6 Å². The van der Waals surface area contributed by atoms with Crippen LogP contribution < -0.4 is 10.7 Å². The molecule has 1 heterocycles. The molecule has 9 heteroatoms. The third-order valence-corrected chi connectivity index (χ3v) is 6.57. The second-order valence-corrected chi connectivity index (χ2v) is 9.53. The third-order valence-electron chi connectivity index (χ3n) is 5.00. The lowest BCUT2D eigenvalue weighted by atomic mass is 10.1. The molecule has 1 aromatic heterocycles. The van der Waals surface area contributed by atoms with Gasteiger partial charge in [-0.25, -0.2) is 9.82 Å². The number of carbonyl (C=O) groups is 2. The fourth-order valence-electron chi connectivity index (χ4n) is 3.14. The van der Waals surface area contributed by atoms with Crippen LogP contribution in [0.15, 0.2) is 106 Å². The first-order chi connectivity index (χ1) is 17.5. The monoisotopic (exact) mass is 562 g/mol. The fraction of sp³-hybridized carbons (Fsp3) is 0.0370. The molecule has 3 aromatic carbocycles. The van der Waals surface area contributed by atoms with E-state index in [1.807, 2.05) is 24.3 Å². The van der Waals surface area contributed by atoms with E-state index in [-0.39, 0.29) is 17.3 Å². The molecular weight excluding hydrogens is 543 g/mol. The molecule has 6 nitrogen and oxygen atoms in total. The molecule has 0 spiro atoms. The van der Waals surface area contributed by atoms with Gasteiger partial charge in [0.2, 0.25) is 0 Å². The molecule has 2 amide bonds. The Kier molecular flexibility index (Phi) is 8.59. The molecule has 180 valence electrons. The number of hydrogen-bond acceptors (Lipinski definition) is 5. The summed E-state index contributed by atoms with van der Waals surface area (Å²) in [7, 11) is 0. The zero-order chi connectivity index (χ0) is 25.3. The molecule has 0 saturated heterocycles. The highest BCUT2D eigenvalue weighted by atomic mass is 79.9. The van der Waals surface area contributed by atoms with Crippen molar-refractivity contribution >= 4 is 51.4 Å². The third kappa shape index (κ3) is 7.10. The van der Waals surface area contributed by atoms with Gasteiger partial charge in [-0.05, 0) is 65.7 Å². The Hall–Kier alpha value is -3.82. The van der Waals surface area contributed by atoms with Crippen LogP contribution in [-0.2, 0) is 5.75 Å². The van der Waals surface area contributed by atoms with E-state index in [4.69, 9.17) is 0 Å². The Bertz CT molecular complexity index is 1380. The van der Waals surface area contributed by atoms with Gasteiger partial charge in [-0.1, -0.05) is 40.2 Å². The summed E-state index contributed by atoms with van der Waals surface area (Å²) in [6, 6.07) is 21.9. The number of anilines is 1. The predicted molar refractivity (Wildman–Crippen MR) is 144 cm³/mol. The number of hydrazone groups is 1. The molecule has 0 aliphatic heterocycles. The molecular formula is C27H20BrFN4O2S. The van der Waals surface area contributed by atoms with E-state index >= 15 is 0 Å². The molecule has 0 atom stereocenters. The summed E-state index contributed by atoms with van der Waals surface area (Å²) in [5, 5.41) is 6.72. The fourth-order valence-corrected chi connectivity index (χ4v) is 4.34. The Morgan fingerprint density at radius 2 is 1.67 bits per heavy atom. The number of amides is 2. The number of thioether (sulfide) groups is 1. The summed E-state index contributed by atoms with van der Waals surface area (Å²) in [6.07, 6.45) is 4.91. The van der Waals surface area contributed by atoms with Crippen molar-refractivity contribution in [1.82, 2.24) is 10.4 Å². The van der Waals surface area contributed by atoms with Crippen molar-refractivity contribution in [3.05, 3.63) is 124 Å². The normalized spacial score (nSPS) is 10.8. The molecule has 0 saturated carbocycles. The van der Waals surface area contributed by atoms with Gasteiger partial charge in [-0.15, -0.1) is 11.8 Å². The summed E-state index contributed by atoms with van der Waals surface area (Å²) < 4.78 is 13.7. The zero-order valence-electron chi connectivity index (χ0n) is 18.8. The topological polar surface area (TPSA) is 83.5 Å². The quantitative estimate of drug-likeness (QED) is 0.150. The van der Waals surface area contributed by atoms with Gasteiger partial charge in [-0.2, -0.15) is 5.10 Å². The van der Waals surface area contributed by atoms with E-state index in [1.165, 1.54) is 18.3 Å². The first kappa shape index (κ1) is 25.3. The average Bonchev–Trinajstić information content (AvgIpc) is 2.90. The van der Waals surface area contributed by atoms with E-state index in [9.17, 15) is 14.0 Å². The van der Waals surface area contributed by atoms with Crippen LogP contribution in [0.25, 0.3) is 0 Å². The van der Waals surface area contributed by atoms with Crippen molar-refractivity contribution in [1.29, 1.82) is 0 Å². The van der Waals surface area contributed by atoms with Crippen molar-refractivity contribution < 1.29 is 14.0 Å². The number of benzene rings is 3. The van der Waals surface area contributed by atoms with Crippen molar-refractivity contribution in [2.75, 3.05) is 5.32 Å². The van der Waals surface area contributed by atoms with Crippen molar-refractivity contribution in [3.63, 3.8) is 0 Å². The van der Waals surface area contributed by atoms with Crippen LogP contribution in [0.5, 0.6) is 0 Å². The number of carbonyl (C=O) groups excluding carboxylic acids is 2. The van der Waals surface area contributed by atoms with Gasteiger partial charge >= 0.3 is 0 Å². The highest BCUT2D eigenvalue weighted by Crippen LogP contribution is 2.24. The lowest BCUT2D eigenvalue weighted by molar-refractivity contribution is 0.0956. The maximum Gasteiger partial charge on any atom is 0.273 e. The number of nitrogens with one attached hydrogen (secondary N) is 2. The Morgan fingerprint density at radius 1 is 0.944 bits per heavy atom. The maximum atomic E-state index is 13.0. The second kappa shape index (κ2) is 12.2. The Morgan fingerprint density at radius 3 is 2.39 bits per heavy atom. The molecule has 2 N–H and O–H groups in total. The summed E-state index contributed by atoms with van der Waals surface area (Å²) >= 11 is 5.04. The van der Waals surface area contributed by atoms with E-state index in [0.717, 1.165) is 16.2 Å². The zero-order valence-corrected chi connectivity index (χ0v) is 21.2. The molecule has 4 aromatic rings. The minimum absolute atomic E-state index is 0.236. The van der Waals surface area contributed by atoms with Crippen LogP contribution >= 0.6 is 27.7 Å². The van der Waals surface area contributed by atoms with Crippen molar-refractivity contribution in [3.8, 4) is 0 Å². The smallest absolute Gasteiger partial charge is 0.273 e. The SMILES string of the molecule is O=C(Nc1ccc(Br)cc1C(=O)NN=Cc1ccc(F)cc1)c1ccc(CSc2ccncc2)cc1. The number of hydrogen-bond donors (Lipinski definition) is 2. The van der Waals surface area contributed by atoms with Crippen LogP contribution in [0.4, 0.5) is 10.1 Å². The average molecular weight is 563 g/mol. The summed E-state index contributed by atoms with van der Waals surface area (Å²) in [4.78, 5) is 30.7. The summed E-state index contributed by atoms with van der Waals surface area (Å²) in [5.74, 6) is -0.436. The predicted octanol–water partition coefficient (Wildman–Crippen LogP) is 6.29. The Labute approximate surface area is 220 Å². The minimum atomic E-state index is -0.506. The largest absolute Gasteiger partial charge is 0.321 e. The molecule has 0 aliphatic rings. The van der Waals surface area contributed by atoms with Gasteiger partial charge in [0.25, 0.3) is 11.8 Å². The van der Waals surface area contributed by atoms with Gasteiger partial charge in [0.15, 0.2) is 0 Å². The Balaban J connectivity index is 1.40. The van der Waals surface area contributed by atoms with E-state index < -0.39 is 5.91 Å². The standard InChI is InChI=1S/C27H20BrFN4O2S/c28-21-7-10-25(24(15-21)27(35)33-31-16-18-3-8-22(29)9-4-18)32-26(34)20-5-1-19(2-6-20)17-36-23-11-13-30-14-12-23/h1-16H,17H2,(H,32,34)(H,33,35). The lowest BCUT2D eigenvalue weighted by Gasteiger charge is -2.11. The summed E-state index contributed by atoms with van der Waals surface area (Å²) in [5.41, 5.74) is 5.19. The number of nitrogens with zero attached hydrogens (tertiary/aromatic N) is 2. The number of pyridine rings is 1. The summed E-state index contributed by atoms with van der Waals surface area (Å²) in [6.45, 7) is 0.